The van der Waals surface area contributed by atoms with Crippen LogP contribution in [0.1, 0.15) is 39.2 Å². The Morgan fingerprint density at radius 1 is 1.13 bits per heavy atom. The average Bonchev–Trinajstić information content (AvgIpc) is 3.11. The molecule has 2 aromatic carbocycles. The van der Waals surface area contributed by atoms with Crippen molar-refractivity contribution < 1.29 is 9.53 Å². The van der Waals surface area contributed by atoms with Crippen LogP contribution in [0.3, 0.4) is 0 Å². The fourth-order valence-electron chi connectivity index (χ4n) is 3.96. The topological polar surface area (TPSA) is 60.7 Å². The van der Waals surface area contributed by atoms with Gasteiger partial charge in [0.2, 0.25) is 0 Å². The summed E-state index contributed by atoms with van der Waals surface area (Å²) in [6.07, 6.45) is 1.57. The molecule has 1 unspecified atom stereocenters. The van der Waals surface area contributed by atoms with Gasteiger partial charge in [0, 0.05) is 6.07 Å². The lowest BCUT2D eigenvalue weighted by Gasteiger charge is -2.27. The Bertz CT molecular complexity index is 1280. The number of esters is 1. The molecule has 0 spiro atoms. The Balaban J connectivity index is 1.94. The molecule has 6 heteroatoms. The molecule has 4 rings (SSSR count). The first-order valence-electron chi connectivity index (χ1n) is 10.2. The van der Waals surface area contributed by atoms with Gasteiger partial charge in [-0.3, -0.25) is 14.0 Å². The third-order valence-electron chi connectivity index (χ3n) is 5.48. The first kappa shape index (κ1) is 20.3. The van der Waals surface area contributed by atoms with Gasteiger partial charge in [0.25, 0.3) is 5.56 Å². The maximum Gasteiger partial charge on any atom is 0.316 e. The van der Waals surface area contributed by atoms with Crippen molar-refractivity contribution in [1.82, 2.24) is 9.38 Å². The molecule has 4 aromatic rings. The zero-order valence-corrected chi connectivity index (χ0v) is 18.2. The number of ether oxygens (including phenoxy) is 1. The van der Waals surface area contributed by atoms with Crippen molar-refractivity contribution in [3.63, 3.8) is 0 Å². The van der Waals surface area contributed by atoms with Crippen molar-refractivity contribution in [3.8, 4) is 11.3 Å². The molecule has 0 saturated carbocycles. The lowest BCUT2D eigenvalue weighted by Crippen LogP contribution is -2.34. The Kier molecular flexibility index (Phi) is 5.43. The van der Waals surface area contributed by atoms with Crippen molar-refractivity contribution >= 4 is 32.5 Å². The van der Waals surface area contributed by atoms with Crippen LogP contribution >= 0.6 is 11.3 Å². The second kappa shape index (κ2) is 8.03. The summed E-state index contributed by atoms with van der Waals surface area (Å²) in [4.78, 5) is 29.9. The minimum absolute atomic E-state index is 0.204. The third kappa shape index (κ3) is 3.41. The van der Waals surface area contributed by atoms with E-state index < -0.39 is 5.41 Å². The van der Waals surface area contributed by atoms with E-state index in [4.69, 9.17) is 4.74 Å². The van der Waals surface area contributed by atoms with Gasteiger partial charge < -0.3 is 4.74 Å². The maximum absolute atomic E-state index is 12.8. The Morgan fingerprint density at radius 2 is 1.90 bits per heavy atom. The second-order valence-corrected chi connectivity index (χ2v) is 8.56. The number of rotatable bonds is 6. The van der Waals surface area contributed by atoms with E-state index in [2.05, 4.69) is 11.9 Å². The van der Waals surface area contributed by atoms with E-state index in [-0.39, 0.29) is 11.5 Å². The van der Waals surface area contributed by atoms with Gasteiger partial charge in [-0.05, 0) is 43.5 Å². The van der Waals surface area contributed by atoms with Crippen molar-refractivity contribution in [2.24, 2.45) is 0 Å². The van der Waals surface area contributed by atoms with E-state index in [1.807, 2.05) is 66.8 Å². The van der Waals surface area contributed by atoms with Crippen LogP contribution in [0.5, 0.6) is 0 Å². The average molecular weight is 421 g/mol. The van der Waals surface area contributed by atoms with Crippen molar-refractivity contribution in [1.29, 1.82) is 0 Å². The molecule has 0 radical (unpaired) electrons. The maximum atomic E-state index is 12.8. The van der Waals surface area contributed by atoms with Gasteiger partial charge in [0.15, 0.2) is 4.96 Å². The highest BCUT2D eigenvalue weighted by atomic mass is 32.1. The van der Waals surface area contributed by atoms with Gasteiger partial charge >= 0.3 is 5.97 Å². The number of benzene rings is 2. The fraction of sp³-hybridized carbons (Fsp3) is 0.292. The molecule has 1 atom stereocenters. The van der Waals surface area contributed by atoms with Crippen LogP contribution in [0.2, 0.25) is 0 Å². The monoisotopic (exact) mass is 420 g/mol. The number of hydrogen-bond acceptors (Lipinski definition) is 5. The van der Waals surface area contributed by atoms with Gasteiger partial charge in [-0.15, -0.1) is 0 Å². The van der Waals surface area contributed by atoms with Gasteiger partial charge in [-0.2, -0.15) is 4.98 Å². The number of carbonyl (C=O) groups is 1. The van der Waals surface area contributed by atoms with Crippen molar-refractivity contribution in [2.75, 3.05) is 6.61 Å². The normalized spacial score (nSPS) is 13.4. The van der Waals surface area contributed by atoms with E-state index in [1.165, 1.54) is 11.3 Å². The molecule has 30 heavy (non-hydrogen) atoms. The largest absolute Gasteiger partial charge is 0.465 e. The molecule has 0 fully saturated rings. The molecule has 0 N–H and O–H groups in total. The molecule has 2 aromatic heterocycles. The van der Waals surface area contributed by atoms with Crippen LogP contribution in [-0.4, -0.2) is 22.0 Å². The van der Waals surface area contributed by atoms with Crippen LogP contribution in [0, 0.1) is 0 Å². The van der Waals surface area contributed by atoms with E-state index in [9.17, 15) is 9.59 Å². The molecule has 0 aliphatic carbocycles. The minimum Gasteiger partial charge on any atom is -0.465 e. The number of aromatic nitrogens is 2. The van der Waals surface area contributed by atoms with E-state index in [0.717, 1.165) is 33.5 Å². The zero-order valence-electron chi connectivity index (χ0n) is 17.3. The number of thiazole rings is 1. The molecular weight excluding hydrogens is 396 g/mol. The lowest BCUT2D eigenvalue weighted by molar-refractivity contribution is -0.149. The predicted molar refractivity (Wildman–Crippen MR) is 121 cm³/mol. The molecule has 0 aliphatic heterocycles. The van der Waals surface area contributed by atoms with Crippen LogP contribution in [0.15, 0.2) is 59.4 Å². The summed E-state index contributed by atoms with van der Waals surface area (Å²) >= 11 is 1.46. The van der Waals surface area contributed by atoms with E-state index in [1.54, 1.807) is 6.07 Å². The van der Waals surface area contributed by atoms with Crippen LogP contribution in [-0.2, 0) is 14.9 Å². The molecule has 5 nitrogen and oxygen atoms in total. The molecule has 0 amide bonds. The molecule has 154 valence electrons. The van der Waals surface area contributed by atoms with Gasteiger partial charge in [0.1, 0.15) is 0 Å². The molecule has 0 bridgehead atoms. The quantitative estimate of drug-likeness (QED) is 0.402. The lowest BCUT2D eigenvalue weighted by atomic mass is 9.78. The minimum atomic E-state index is -0.709. The summed E-state index contributed by atoms with van der Waals surface area (Å²) in [6, 6.07) is 17.4. The Labute approximate surface area is 179 Å². The predicted octanol–water partition coefficient (Wildman–Crippen LogP) is 5.20. The third-order valence-corrected chi connectivity index (χ3v) is 6.49. The highest BCUT2D eigenvalue weighted by Gasteiger charge is 2.36. The van der Waals surface area contributed by atoms with Crippen LogP contribution in [0.4, 0.5) is 0 Å². The molecule has 2 heterocycles. The Morgan fingerprint density at radius 3 is 2.60 bits per heavy atom. The highest BCUT2D eigenvalue weighted by molar-refractivity contribution is 7.23. The number of fused-ring (bicyclic) bond motifs is 3. The summed E-state index contributed by atoms with van der Waals surface area (Å²) in [5.74, 6) is -0.204. The second-order valence-electron chi connectivity index (χ2n) is 7.55. The standard InChI is InChI=1S/C24H24N2O3S/c1-4-13-24(3,22(28)29-5-2)17-11-12-18-20(14-17)30-23-25-21(27)15-19(26(18)23)16-9-7-6-8-10-16/h6-12,14-15H,4-5,13H2,1-3H3. The van der Waals surface area contributed by atoms with Crippen molar-refractivity contribution in [3.05, 3.63) is 70.5 Å². The van der Waals surface area contributed by atoms with Gasteiger partial charge in [-0.25, -0.2) is 0 Å². The summed E-state index contributed by atoms with van der Waals surface area (Å²) < 4.78 is 8.38. The summed E-state index contributed by atoms with van der Waals surface area (Å²) in [6.45, 7) is 6.19. The smallest absolute Gasteiger partial charge is 0.316 e. The van der Waals surface area contributed by atoms with Gasteiger partial charge in [0.05, 0.1) is 27.9 Å². The van der Waals surface area contributed by atoms with Gasteiger partial charge in [-0.1, -0.05) is 61.1 Å². The first-order chi connectivity index (χ1) is 14.5. The summed E-state index contributed by atoms with van der Waals surface area (Å²) in [5, 5.41) is 0. The number of nitrogens with zero attached hydrogens (tertiary/aromatic N) is 2. The number of hydrogen-bond donors (Lipinski definition) is 0. The molecule has 0 saturated heterocycles. The Hall–Kier alpha value is -2.99. The number of carbonyl (C=O) groups excluding carboxylic acids is 1. The highest BCUT2D eigenvalue weighted by Crippen LogP contribution is 2.36. The van der Waals surface area contributed by atoms with Crippen molar-refractivity contribution in [2.45, 2.75) is 39.0 Å². The SMILES string of the molecule is CCCC(C)(C(=O)OCC)c1ccc2c(c1)sc1nc(=O)cc(-c3ccccc3)n12. The zero-order chi connectivity index (χ0) is 21.3. The summed E-state index contributed by atoms with van der Waals surface area (Å²) in [5.41, 5.74) is 2.69. The van der Waals surface area contributed by atoms with E-state index in [0.29, 0.717) is 18.0 Å². The summed E-state index contributed by atoms with van der Waals surface area (Å²) in [7, 11) is 0. The first-order valence-corrected chi connectivity index (χ1v) is 11.0. The van der Waals surface area contributed by atoms with E-state index >= 15 is 0 Å². The fourth-order valence-corrected chi connectivity index (χ4v) is 5.03. The van der Waals surface area contributed by atoms with Crippen LogP contribution in [0.25, 0.3) is 26.4 Å². The molecule has 0 aliphatic rings. The van der Waals surface area contributed by atoms with Crippen LogP contribution < -0.4 is 5.56 Å². The molecular formula is C24H24N2O3S.